The Kier molecular flexibility index (Phi) is 2.97. The number of nitrogens with zero attached hydrogens (tertiary/aromatic N) is 2. The first-order valence-corrected chi connectivity index (χ1v) is 6.62. The van der Waals surface area contributed by atoms with Gasteiger partial charge in [0.25, 0.3) is 5.91 Å². The van der Waals surface area contributed by atoms with E-state index >= 15 is 0 Å². The van der Waals surface area contributed by atoms with Crippen LogP contribution in [0.15, 0.2) is 42.7 Å². The smallest absolute Gasteiger partial charge is 0.256 e. The highest BCUT2D eigenvalue weighted by Crippen LogP contribution is 2.19. The number of rotatable bonds is 2. The van der Waals surface area contributed by atoms with Gasteiger partial charge < -0.3 is 5.32 Å². The topological polar surface area (TPSA) is 54.9 Å². The van der Waals surface area contributed by atoms with Gasteiger partial charge in [-0.2, -0.15) is 0 Å². The van der Waals surface area contributed by atoms with Crippen LogP contribution in [0.2, 0.25) is 0 Å². The van der Waals surface area contributed by atoms with Crippen LogP contribution < -0.4 is 5.32 Å². The Labute approximate surface area is 114 Å². The fourth-order valence-electron chi connectivity index (χ4n) is 1.82. The Morgan fingerprint density at radius 2 is 2.16 bits per heavy atom. The van der Waals surface area contributed by atoms with E-state index < -0.39 is 0 Å². The van der Waals surface area contributed by atoms with Crippen molar-refractivity contribution in [3.05, 3.63) is 53.3 Å². The number of aryl methyl sites for hydroxylation is 1. The Morgan fingerprint density at radius 1 is 1.26 bits per heavy atom. The maximum atomic E-state index is 12.1. The number of carbonyl (C=O) groups is 1. The largest absolute Gasteiger partial charge is 0.312 e. The van der Waals surface area contributed by atoms with E-state index in [0.29, 0.717) is 5.56 Å². The third-order valence-corrected chi connectivity index (χ3v) is 3.55. The molecule has 0 aliphatic carbocycles. The number of hydrogen-bond donors (Lipinski definition) is 1. The molecule has 94 valence electrons. The van der Waals surface area contributed by atoms with Crippen LogP contribution in [0.25, 0.3) is 10.9 Å². The Morgan fingerprint density at radius 3 is 2.95 bits per heavy atom. The third-order valence-electron chi connectivity index (χ3n) is 2.72. The van der Waals surface area contributed by atoms with Crippen LogP contribution >= 0.6 is 11.3 Å². The van der Waals surface area contributed by atoms with Gasteiger partial charge in [-0.15, -0.1) is 11.3 Å². The zero-order valence-corrected chi connectivity index (χ0v) is 11.1. The molecule has 1 N–H and O–H groups in total. The summed E-state index contributed by atoms with van der Waals surface area (Å²) in [6, 6.07) is 9.26. The van der Waals surface area contributed by atoms with Gasteiger partial charge >= 0.3 is 0 Å². The number of carbonyl (C=O) groups excluding carboxylic acids is 1. The normalized spacial score (nSPS) is 10.6. The second-order valence-corrected chi connectivity index (χ2v) is 5.34. The van der Waals surface area contributed by atoms with E-state index in [2.05, 4.69) is 15.3 Å². The third kappa shape index (κ3) is 2.46. The predicted molar refractivity (Wildman–Crippen MR) is 76.5 cm³/mol. The monoisotopic (exact) mass is 269 g/mol. The number of fused-ring (bicyclic) bond motifs is 1. The molecule has 1 amide bonds. The highest BCUT2D eigenvalue weighted by Gasteiger charge is 2.08. The molecule has 0 unspecified atom stereocenters. The fraction of sp³-hybridized carbons (Fsp3) is 0.0714. The molecule has 3 aromatic rings. The Hall–Kier alpha value is -2.27. The molecule has 1 aromatic carbocycles. The summed E-state index contributed by atoms with van der Waals surface area (Å²) in [7, 11) is 0. The van der Waals surface area contributed by atoms with Crippen LogP contribution in [0, 0.1) is 6.92 Å². The summed E-state index contributed by atoms with van der Waals surface area (Å²) in [4.78, 5) is 20.5. The van der Waals surface area contributed by atoms with Gasteiger partial charge in [-0.3, -0.25) is 9.78 Å². The molecule has 0 spiro atoms. The van der Waals surface area contributed by atoms with Gasteiger partial charge in [0.15, 0.2) is 0 Å². The average molecular weight is 269 g/mol. The molecule has 3 rings (SSSR count). The SMILES string of the molecule is Cc1ncc(NC(=O)c2ccc3ncccc3c2)s1. The molecule has 0 radical (unpaired) electrons. The van der Waals surface area contributed by atoms with Gasteiger partial charge in [0, 0.05) is 17.1 Å². The van der Waals surface area contributed by atoms with E-state index in [1.54, 1.807) is 18.5 Å². The molecule has 0 fully saturated rings. The number of amides is 1. The standard InChI is InChI=1S/C14H11N3OS/c1-9-16-8-13(19-9)17-14(18)11-4-5-12-10(7-11)3-2-6-15-12/h2-8H,1H3,(H,17,18). The molecule has 0 aliphatic heterocycles. The van der Waals surface area contributed by atoms with E-state index in [0.717, 1.165) is 20.9 Å². The minimum atomic E-state index is -0.130. The van der Waals surface area contributed by atoms with Crippen molar-refractivity contribution in [1.82, 2.24) is 9.97 Å². The molecular weight excluding hydrogens is 258 g/mol. The van der Waals surface area contributed by atoms with Crippen LogP contribution in [0.4, 0.5) is 5.00 Å². The minimum absolute atomic E-state index is 0.130. The summed E-state index contributed by atoms with van der Waals surface area (Å²) in [5.41, 5.74) is 1.50. The van der Waals surface area contributed by atoms with Crippen molar-refractivity contribution >= 4 is 33.1 Å². The van der Waals surface area contributed by atoms with Crippen LogP contribution in [0.5, 0.6) is 0 Å². The van der Waals surface area contributed by atoms with Gasteiger partial charge in [0.05, 0.1) is 16.7 Å². The summed E-state index contributed by atoms with van der Waals surface area (Å²) in [5.74, 6) is -0.130. The molecule has 2 heterocycles. The summed E-state index contributed by atoms with van der Waals surface area (Å²) in [5, 5.41) is 5.48. The second-order valence-electron chi connectivity index (χ2n) is 4.11. The zero-order chi connectivity index (χ0) is 13.2. The molecule has 0 atom stereocenters. The number of hydrogen-bond acceptors (Lipinski definition) is 4. The predicted octanol–water partition coefficient (Wildman–Crippen LogP) is 3.25. The lowest BCUT2D eigenvalue weighted by Crippen LogP contribution is -2.10. The molecule has 5 heteroatoms. The number of benzene rings is 1. The summed E-state index contributed by atoms with van der Waals surface area (Å²) in [6.07, 6.45) is 3.41. The molecule has 0 saturated heterocycles. The van der Waals surface area contributed by atoms with Gasteiger partial charge in [-0.05, 0) is 31.2 Å². The van der Waals surface area contributed by atoms with Crippen LogP contribution in [-0.4, -0.2) is 15.9 Å². The summed E-state index contributed by atoms with van der Waals surface area (Å²) >= 11 is 1.46. The van der Waals surface area contributed by atoms with Crippen molar-refractivity contribution in [1.29, 1.82) is 0 Å². The highest BCUT2D eigenvalue weighted by molar-refractivity contribution is 7.15. The first kappa shape index (κ1) is 11.8. The molecule has 0 aliphatic rings. The van der Waals surface area contributed by atoms with E-state index in [-0.39, 0.29) is 5.91 Å². The number of thiazole rings is 1. The maximum absolute atomic E-state index is 12.1. The van der Waals surface area contributed by atoms with Crippen molar-refractivity contribution in [3.63, 3.8) is 0 Å². The molecule has 4 nitrogen and oxygen atoms in total. The van der Waals surface area contributed by atoms with Crippen molar-refractivity contribution in [2.45, 2.75) is 6.92 Å². The van der Waals surface area contributed by atoms with E-state index in [1.807, 2.05) is 31.2 Å². The molecular formula is C14H11N3OS. The van der Waals surface area contributed by atoms with Crippen molar-refractivity contribution in [2.24, 2.45) is 0 Å². The van der Waals surface area contributed by atoms with Gasteiger partial charge in [-0.1, -0.05) is 6.07 Å². The minimum Gasteiger partial charge on any atom is -0.312 e. The lowest BCUT2D eigenvalue weighted by molar-refractivity contribution is 0.102. The lowest BCUT2D eigenvalue weighted by Gasteiger charge is -2.03. The number of nitrogens with one attached hydrogen (secondary N) is 1. The quantitative estimate of drug-likeness (QED) is 0.777. The Balaban J connectivity index is 1.89. The fourth-order valence-corrected chi connectivity index (χ4v) is 2.49. The number of aromatic nitrogens is 2. The molecule has 0 bridgehead atoms. The molecule has 0 saturated carbocycles. The van der Waals surface area contributed by atoms with Crippen LogP contribution in [0.1, 0.15) is 15.4 Å². The first-order chi connectivity index (χ1) is 9.22. The molecule has 19 heavy (non-hydrogen) atoms. The number of pyridine rings is 1. The maximum Gasteiger partial charge on any atom is 0.256 e. The van der Waals surface area contributed by atoms with Gasteiger partial charge in [-0.25, -0.2) is 4.98 Å². The highest BCUT2D eigenvalue weighted by atomic mass is 32.1. The van der Waals surface area contributed by atoms with Crippen LogP contribution in [0.3, 0.4) is 0 Å². The zero-order valence-electron chi connectivity index (χ0n) is 10.3. The van der Waals surface area contributed by atoms with Gasteiger partial charge in [0.2, 0.25) is 0 Å². The summed E-state index contributed by atoms with van der Waals surface area (Å²) < 4.78 is 0. The lowest BCUT2D eigenvalue weighted by atomic mass is 10.1. The second kappa shape index (κ2) is 4.78. The van der Waals surface area contributed by atoms with E-state index in [4.69, 9.17) is 0 Å². The Bertz CT molecular complexity index is 751. The van der Waals surface area contributed by atoms with E-state index in [9.17, 15) is 4.79 Å². The first-order valence-electron chi connectivity index (χ1n) is 5.81. The molecule has 2 aromatic heterocycles. The average Bonchev–Trinajstić information content (AvgIpc) is 2.83. The summed E-state index contributed by atoms with van der Waals surface area (Å²) in [6.45, 7) is 1.90. The van der Waals surface area contributed by atoms with E-state index in [1.165, 1.54) is 11.3 Å². The van der Waals surface area contributed by atoms with Crippen molar-refractivity contribution in [2.75, 3.05) is 5.32 Å². The van der Waals surface area contributed by atoms with Crippen molar-refractivity contribution < 1.29 is 4.79 Å². The van der Waals surface area contributed by atoms with Gasteiger partial charge in [0.1, 0.15) is 5.00 Å². The number of anilines is 1. The van der Waals surface area contributed by atoms with Crippen LogP contribution in [-0.2, 0) is 0 Å². The van der Waals surface area contributed by atoms with Crippen molar-refractivity contribution in [3.8, 4) is 0 Å².